The third kappa shape index (κ3) is 4.35. The highest BCUT2D eigenvalue weighted by atomic mass is 19.4. The van der Waals surface area contributed by atoms with Crippen molar-refractivity contribution in [2.24, 2.45) is 0 Å². The first kappa shape index (κ1) is 15.6. The molecule has 2 rings (SSSR count). The zero-order valence-corrected chi connectivity index (χ0v) is 11.6. The van der Waals surface area contributed by atoms with Gasteiger partial charge in [0.1, 0.15) is 5.75 Å². The minimum absolute atomic E-state index is 0.115. The molecule has 0 bridgehead atoms. The van der Waals surface area contributed by atoms with Crippen molar-refractivity contribution in [2.75, 3.05) is 18.5 Å². The molecule has 0 spiro atoms. The van der Waals surface area contributed by atoms with Crippen LogP contribution >= 0.6 is 0 Å². The lowest BCUT2D eigenvalue weighted by Crippen LogP contribution is -2.35. The molecule has 1 atom stereocenters. The Morgan fingerprint density at radius 1 is 1.48 bits per heavy atom. The molecule has 1 unspecified atom stereocenters. The number of alkyl halides is 3. The van der Waals surface area contributed by atoms with Crippen LogP contribution in [0.4, 0.5) is 18.9 Å². The van der Waals surface area contributed by atoms with Gasteiger partial charge in [0.25, 0.3) is 0 Å². The van der Waals surface area contributed by atoms with Crippen molar-refractivity contribution >= 4 is 11.6 Å². The largest absolute Gasteiger partial charge is 0.484 e. The van der Waals surface area contributed by atoms with E-state index in [0.29, 0.717) is 11.3 Å². The van der Waals surface area contributed by atoms with Crippen LogP contribution in [0.5, 0.6) is 5.75 Å². The first-order valence-corrected chi connectivity index (χ1v) is 6.70. The number of halogens is 3. The Labute approximate surface area is 120 Å². The number of ether oxygens (including phenoxy) is 1. The van der Waals surface area contributed by atoms with Crippen molar-refractivity contribution in [3.05, 3.63) is 23.8 Å². The fourth-order valence-corrected chi connectivity index (χ4v) is 2.19. The highest BCUT2D eigenvalue weighted by molar-refractivity contribution is 5.95. The summed E-state index contributed by atoms with van der Waals surface area (Å²) in [6, 6.07) is 4.40. The van der Waals surface area contributed by atoms with Gasteiger partial charge in [-0.25, -0.2) is 0 Å². The van der Waals surface area contributed by atoms with Crippen molar-refractivity contribution in [2.45, 2.75) is 32.0 Å². The van der Waals surface area contributed by atoms with E-state index in [2.05, 4.69) is 10.6 Å². The Morgan fingerprint density at radius 2 is 2.24 bits per heavy atom. The molecule has 1 heterocycles. The summed E-state index contributed by atoms with van der Waals surface area (Å²) in [5.74, 6) is -0.0620. The van der Waals surface area contributed by atoms with Crippen LogP contribution in [0.15, 0.2) is 18.2 Å². The van der Waals surface area contributed by atoms with E-state index in [4.69, 9.17) is 4.74 Å². The molecule has 21 heavy (non-hydrogen) atoms. The number of benzene rings is 1. The summed E-state index contributed by atoms with van der Waals surface area (Å²) in [6.45, 7) is 1.06. The van der Waals surface area contributed by atoms with Gasteiger partial charge in [0.15, 0.2) is 6.61 Å². The van der Waals surface area contributed by atoms with Gasteiger partial charge in [0, 0.05) is 11.3 Å². The van der Waals surface area contributed by atoms with E-state index in [-0.39, 0.29) is 17.7 Å². The predicted octanol–water partition coefficient (Wildman–Crippen LogP) is 2.63. The van der Waals surface area contributed by atoms with Crippen LogP contribution in [-0.4, -0.2) is 31.3 Å². The van der Waals surface area contributed by atoms with Gasteiger partial charge in [-0.2, -0.15) is 13.2 Å². The number of carbonyl (C=O) groups excluding carboxylic acids is 1. The van der Waals surface area contributed by atoms with Crippen molar-refractivity contribution in [3.8, 4) is 5.75 Å². The second-order valence-electron chi connectivity index (χ2n) is 4.97. The Morgan fingerprint density at radius 3 is 2.86 bits per heavy atom. The molecule has 1 aromatic carbocycles. The molecule has 0 saturated carbocycles. The number of rotatable bonds is 4. The van der Waals surface area contributed by atoms with Crippen molar-refractivity contribution in [1.29, 1.82) is 0 Å². The van der Waals surface area contributed by atoms with E-state index >= 15 is 0 Å². The number of nitrogens with one attached hydrogen (secondary N) is 2. The van der Waals surface area contributed by atoms with Crippen LogP contribution in [0.25, 0.3) is 0 Å². The molecule has 2 N–H and O–H groups in total. The molecule has 1 aromatic rings. The average molecular weight is 302 g/mol. The maximum absolute atomic E-state index is 12.2. The van der Waals surface area contributed by atoms with Gasteiger partial charge in [0.2, 0.25) is 5.91 Å². The molecule has 1 aliphatic rings. The molecule has 0 aliphatic carbocycles. The molecular weight excluding hydrogens is 285 g/mol. The van der Waals surface area contributed by atoms with E-state index in [0.717, 1.165) is 19.4 Å². The highest BCUT2D eigenvalue weighted by Crippen LogP contribution is 2.27. The Bertz CT molecular complexity index is 511. The van der Waals surface area contributed by atoms with Crippen LogP contribution < -0.4 is 15.4 Å². The van der Waals surface area contributed by atoms with E-state index in [1.165, 1.54) is 6.07 Å². The smallest absolute Gasteiger partial charge is 0.422 e. The van der Waals surface area contributed by atoms with Crippen LogP contribution in [0.2, 0.25) is 0 Å². The minimum Gasteiger partial charge on any atom is -0.484 e. The zero-order chi connectivity index (χ0) is 15.5. The summed E-state index contributed by atoms with van der Waals surface area (Å²) in [5, 5.41) is 5.79. The maximum Gasteiger partial charge on any atom is 0.422 e. The highest BCUT2D eigenvalue weighted by Gasteiger charge is 2.29. The van der Waals surface area contributed by atoms with E-state index in [9.17, 15) is 18.0 Å². The first-order valence-electron chi connectivity index (χ1n) is 6.70. The Hall–Kier alpha value is -1.76. The summed E-state index contributed by atoms with van der Waals surface area (Å²) >= 11 is 0. The number of carbonyl (C=O) groups is 1. The number of anilines is 1. The van der Waals surface area contributed by atoms with Crippen molar-refractivity contribution in [1.82, 2.24) is 5.32 Å². The molecule has 0 aromatic heterocycles. The summed E-state index contributed by atoms with van der Waals surface area (Å²) < 4.78 is 41.3. The van der Waals surface area contributed by atoms with Gasteiger partial charge in [-0.3, -0.25) is 4.79 Å². The molecule has 1 fully saturated rings. The summed E-state index contributed by atoms with van der Waals surface area (Å²) in [7, 11) is 0. The average Bonchev–Trinajstić information content (AvgIpc) is 2.92. The molecule has 1 saturated heterocycles. The van der Waals surface area contributed by atoms with Crippen LogP contribution in [-0.2, 0) is 4.79 Å². The summed E-state index contributed by atoms with van der Waals surface area (Å²) in [5.41, 5.74) is 0.946. The molecule has 116 valence electrons. The lowest BCUT2D eigenvalue weighted by atomic mass is 10.1. The molecule has 1 aliphatic heterocycles. The topological polar surface area (TPSA) is 50.4 Å². The Kier molecular flexibility index (Phi) is 4.72. The zero-order valence-electron chi connectivity index (χ0n) is 11.6. The third-order valence-electron chi connectivity index (χ3n) is 3.31. The van der Waals surface area contributed by atoms with E-state index < -0.39 is 12.8 Å². The molecular formula is C14H17F3N2O2. The maximum atomic E-state index is 12.2. The molecule has 4 nitrogen and oxygen atoms in total. The van der Waals surface area contributed by atoms with Crippen LogP contribution in [0.1, 0.15) is 18.4 Å². The molecule has 0 radical (unpaired) electrons. The normalized spacial score (nSPS) is 18.6. The number of hydrogen-bond acceptors (Lipinski definition) is 3. The SMILES string of the molecule is Cc1c(NC(=O)C2CCCN2)cccc1OCC(F)(F)F. The standard InChI is InChI=1S/C14H17F3N2O2/c1-9-10(19-13(20)11-5-3-7-18-11)4-2-6-12(9)21-8-14(15,16)17/h2,4,6,11,18H,3,5,7-8H2,1H3,(H,19,20). The number of amides is 1. The molecule has 7 heteroatoms. The van der Waals surface area contributed by atoms with Gasteiger partial charge in [-0.1, -0.05) is 6.07 Å². The van der Waals surface area contributed by atoms with Crippen LogP contribution in [0.3, 0.4) is 0 Å². The van der Waals surface area contributed by atoms with Crippen molar-refractivity contribution in [3.63, 3.8) is 0 Å². The first-order chi connectivity index (χ1) is 9.87. The molecule has 1 amide bonds. The van der Waals surface area contributed by atoms with Crippen molar-refractivity contribution < 1.29 is 22.7 Å². The second-order valence-corrected chi connectivity index (χ2v) is 4.97. The fourth-order valence-electron chi connectivity index (χ4n) is 2.19. The van der Waals surface area contributed by atoms with Gasteiger partial charge in [0.05, 0.1) is 6.04 Å². The second kappa shape index (κ2) is 6.34. The predicted molar refractivity (Wildman–Crippen MR) is 72.4 cm³/mol. The van der Waals surface area contributed by atoms with E-state index in [1.807, 2.05) is 0 Å². The quantitative estimate of drug-likeness (QED) is 0.899. The van der Waals surface area contributed by atoms with E-state index in [1.54, 1.807) is 19.1 Å². The third-order valence-corrected chi connectivity index (χ3v) is 3.31. The lowest BCUT2D eigenvalue weighted by molar-refractivity contribution is -0.153. The van der Waals surface area contributed by atoms with Crippen LogP contribution in [0, 0.1) is 6.92 Å². The Balaban J connectivity index is 2.04. The number of hydrogen-bond donors (Lipinski definition) is 2. The van der Waals surface area contributed by atoms with Gasteiger partial charge >= 0.3 is 6.18 Å². The summed E-state index contributed by atoms with van der Waals surface area (Å²) in [6.07, 6.45) is -2.69. The van der Waals surface area contributed by atoms with Gasteiger partial charge < -0.3 is 15.4 Å². The fraction of sp³-hybridized carbons (Fsp3) is 0.500. The summed E-state index contributed by atoms with van der Waals surface area (Å²) in [4.78, 5) is 12.0. The monoisotopic (exact) mass is 302 g/mol. The lowest BCUT2D eigenvalue weighted by Gasteiger charge is -2.16. The van der Waals surface area contributed by atoms with Gasteiger partial charge in [-0.15, -0.1) is 0 Å². The van der Waals surface area contributed by atoms with Gasteiger partial charge in [-0.05, 0) is 38.4 Å². The minimum atomic E-state index is -4.39.